The Bertz CT molecular complexity index is 182. The van der Waals surface area contributed by atoms with Crippen LogP contribution in [0.15, 0.2) is 0 Å². The van der Waals surface area contributed by atoms with E-state index < -0.39 is 0 Å². The predicted octanol–water partition coefficient (Wildman–Crippen LogP) is 4.62. The molecule has 0 bridgehead atoms. The zero-order chi connectivity index (χ0) is 14.4. The fourth-order valence-electron chi connectivity index (χ4n) is 2.74. The molecule has 1 atom stereocenters. The number of unbranched alkanes of at least 4 members (excludes halogenated alkanes) is 7. The van der Waals surface area contributed by atoms with Gasteiger partial charge in [-0.15, -0.1) is 0 Å². The van der Waals surface area contributed by atoms with Gasteiger partial charge in [0.2, 0.25) is 0 Å². The van der Waals surface area contributed by atoms with Gasteiger partial charge in [0.05, 0.1) is 0 Å². The van der Waals surface area contributed by atoms with Crippen LogP contribution in [0.3, 0.4) is 0 Å². The molecular weight excluding hydrogens is 232 g/mol. The van der Waals surface area contributed by atoms with Crippen LogP contribution in [0.4, 0.5) is 0 Å². The number of rotatable bonds is 14. The van der Waals surface area contributed by atoms with Crippen LogP contribution in [0.5, 0.6) is 0 Å². The van der Waals surface area contributed by atoms with Crippen LogP contribution >= 0.6 is 0 Å². The van der Waals surface area contributed by atoms with E-state index in [1.165, 1.54) is 70.6 Å². The van der Waals surface area contributed by atoms with Gasteiger partial charge in [-0.05, 0) is 19.8 Å². The molecule has 0 aliphatic heterocycles. The van der Waals surface area contributed by atoms with Gasteiger partial charge in [-0.1, -0.05) is 71.6 Å². The first-order chi connectivity index (χ1) is 9.18. The monoisotopic (exact) mass is 270 g/mol. The Labute approximate surface area is 121 Å². The molecule has 1 unspecified atom stereocenters. The summed E-state index contributed by atoms with van der Waals surface area (Å²) in [5, 5.41) is 3.69. The summed E-state index contributed by atoms with van der Waals surface area (Å²) in [5.41, 5.74) is 5.96. The van der Waals surface area contributed by atoms with Crippen molar-refractivity contribution in [2.45, 2.75) is 96.9 Å². The lowest BCUT2D eigenvalue weighted by Crippen LogP contribution is -2.44. The van der Waals surface area contributed by atoms with Crippen molar-refractivity contribution >= 4 is 0 Å². The maximum Gasteiger partial charge on any atom is 0.0153 e. The highest BCUT2D eigenvalue weighted by atomic mass is 15.0. The fraction of sp³-hybridized carbons (Fsp3) is 1.00. The van der Waals surface area contributed by atoms with Crippen molar-refractivity contribution < 1.29 is 0 Å². The molecule has 0 saturated heterocycles. The Morgan fingerprint density at radius 1 is 0.789 bits per heavy atom. The van der Waals surface area contributed by atoms with Crippen LogP contribution in [0.1, 0.15) is 91.4 Å². The van der Waals surface area contributed by atoms with E-state index in [2.05, 4.69) is 26.1 Å². The first-order valence-corrected chi connectivity index (χ1v) is 8.63. The number of nitrogens with two attached hydrogens (primary N) is 1. The van der Waals surface area contributed by atoms with E-state index in [4.69, 9.17) is 5.73 Å². The summed E-state index contributed by atoms with van der Waals surface area (Å²) in [7, 11) is 0. The quantitative estimate of drug-likeness (QED) is 0.452. The molecule has 19 heavy (non-hydrogen) atoms. The van der Waals surface area contributed by atoms with Crippen molar-refractivity contribution in [3.8, 4) is 0 Å². The van der Waals surface area contributed by atoms with E-state index in [1.54, 1.807) is 0 Å². The number of hydrogen-bond acceptors (Lipinski definition) is 2. The molecule has 0 amide bonds. The van der Waals surface area contributed by atoms with E-state index >= 15 is 0 Å². The minimum atomic E-state index is 0.319. The van der Waals surface area contributed by atoms with Gasteiger partial charge in [0.25, 0.3) is 0 Å². The molecule has 0 heterocycles. The first kappa shape index (κ1) is 18.9. The molecule has 116 valence electrons. The smallest absolute Gasteiger partial charge is 0.0153 e. The fourth-order valence-corrected chi connectivity index (χ4v) is 2.74. The van der Waals surface area contributed by atoms with Gasteiger partial charge in [0.1, 0.15) is 0 Å². The maximum atomic E-state index is 5.64. The molecule has 2 heteroatoms. The molecule has 0 aromatic heterocycles. The molecular formula is C17H38N2. The first-order valence-electron chi connectivity index (χ1n) is 8.63. The minimum Gasteiger partial charge on any atom is -0.329 e. The number of hydrogen-bond donors (Lipinski definition) is 2. The topological polar surface area (TPSA) is 38.0 Å². The summed E-state index contributed by atoms with van der Waals surface area (Å²) in [6, 6.07) is 0. The van der Waals surface area contributed by atoms with E-state index in [9.17, 15) is 0 Å². The van der Waals surface area contributed by atoms with Crippen LogP contribution in [0, 0.1) is 0 Å². The Morgan fingerprint density at radius 3 is 1.74 bits per heavy atom. The van der Waals surface area contributed by atoms with Crippen LogP contribution in [0.2, 0.25) is 0 Å². The lowest BCUT2D eigenvalue weighted by atomic mass is 9.88. The SMILES string of the molecule is CCCCCCCC(C)(CCCCCC)NCCN. The molecule has 0 aromatic rings. The third kappa shape index (κ3) is 11.4. The summed E-state index contributed by atoms with van der Waals surface area (Å²) in [6.45, 7) is 8.66. The van der Waals surface area contributed by atoms with E-state index in [1.807, 2.05) is 0 Å². The average molecular weight is 271 g/mol. The predicted molar refractivity (Wildman–Crippen MR) is 87.6 cm³/mol. The standard InChI is InChI=1S/C17H38N2/c1-4-6-8-10-12-14-17(3,19-16-15-18)13-11-9-7-5-2/h19H,4-16,18H2,1-3H3. The molecule has 0 fully saturated rings. The molecule has 0 aliphatic rings. The second-order valence-electron chi connectivity index (χ2n) is 6.25. The molecule has 0 radical (unpaired) electrons. The molecule has 2 nitrogen and oxygen atoms in total. The van der Waals surface area contributed by atoms with Crippen molar-refractivity contribution in [2.75, 3.05) is 13.1 Å². The summed E-state index contributed by atoms with van der Waals surface area (Å²) < 4.78 is 0. The largest absolute Gasteiger partial charge is 0.329 e. The van der Waals surface area contributed by atoms with Gasteiger partial charge in [0.15, 0.2) is 0 Å². The minimum absolute atomic E-state index is 0.319. The summed E-state index contributed by atoms with van der Waals surface area (Å²) in [5.74, 6) is 0. The van der Waals surface area contributed by atoms with E-state index in [-0.39, 0.29) is 0 Å². The lowest BCUT2D eigenvalue weighted by molar-refractivity contribution is 0.290. The Kier molecular flexibility index (Phi) is 12.9. The maximum absolute atomic E-state index is 5.64. The molecule has 0 aliphatic carbocycles. The molecule has 0 saturated carbocycles. The van der Waals surface area contributed by atoms with Crippen molar-refractivity contribution in [2.24, 2.45) is 5.73 Å². The third-order valence-electron chi connectivity index (χ3n) is 4.11. The van der Waals surface area contributed by atoms with Crippen molar-refractivity contribution in [3.05, 3.63) is 0 Å². The average Bonchev–Trinajstić information content (AvgIpc) is 2.41. The lowest BCUT2D eigenvalue weighted by Gasteiger charge is -2.31. The van der Waals surface area contributed by atoms with Crippen LogP contribution in [-0.2, 0) is 0 Å². The van der Waals surface area contributed by atoms with Gasteiger partial charge >= 0.3 is 0 Å². The highest BCUT2D eigenvalue weighted by molar-refractivity contribution is 4.83. The summed E-state index contributed by atoms with van der Waals surface area (Å²) in [6.07, 6.45) is 14.9. The Morgan fingerprint density at radius 2 is 1.26 bits per heavy atom. The second-order valence-corrected chi connectivity index (χ2v) is 6.25. The van der Waals surface area contributed by atoms with E-state index in [0.717, 1.165) is 13.1 Å². The van der Waals surface area contributed by atoms with Crippen LogP contribution in [0.25, 0.3) is 0 Å². The molecule has 0 spiro atoms. The van der Waals surface area contributed by atoms with E-state index in [0.29, 0.717) is 5.54 Å². The molecule has 0 aromatic carbocycles. The highest BCUT2D eigenvalue weighted by Gasteiger charge is 2.21. The Balaban J connectivity index is 3.88. The van der Waals surface area contributed by atoms with Crippen LogP contribution < -0.4 is 11.1 Å². The molecule has 0 rings (SSSR count). The van der Waals surface area contributed by atoms with Crippen molar-refractivity contribution in [1.82, 2.24) is 5.32 Å². The Hall–Kier alpha value is -0.0800. The van der Waals surface area contributed by atoms with Gasteiger partial charge in [-0.25, -0.2) is 0 Å². The molecule has 3 N–H and O–H groups in total. The zero-order valence-electron chi connectivity index (χ0n) is 13.8. The normalized spacial score (nSPS) is 14.5. The number of nitrogens with one attached hydrogen (secondary N) is 1. The van der Waals surface area contributed by atoms with Gasteiger partial charge in [-0.2, -0.15) is 0 Å². The second kappa shape index (κ2) is 12.9. The van der Waals surface area contributed by atoms with Crippen LogP contribution in [-0.4, -0.2) is 18.6 Å². The zero-order valence-corrected chi connectivity index (χ0v) is 13.8. The van der Waals surface area contributed by atoms with Crippen molar-refractivity contribution in [1.29, 1.82) is 0 Å². The summed E-state index contributed by atoms with van der Waals surface area (Å²) >= 11 is 0. The van der Waals surface area contributed by atoms with Gasteiger partial charge in [0, 0.05) is 18.6 Å². The van der Waals surface area contributed by atoms with Crippen molar-refractivity contribution in [3.63, 3.8) is 0 Å². The van der Waals surface area contributed by atoms with Gasteiger partial charge < -0.3 is 11.1 Å². The third-order valence-corrected chi connectivity index (χ3v) is 4.11. The summed E-state index contributed by atoms with van der Waals surface area (Å²) in [4.78, 5) is 0. The highest BCUT2D eigenvalue weighted by Crippen LogP contribution is 2.22. The van der Waals surface area contributed by atoms with Gasteiger partial charge in [-0.3, -0.25) is 0 Å².